The van der Waals surface area contributed by atoms with Crippen molar-refractivity contribution >= 4 is 40.5 Å². The zero-order valence-electron chi connectivity index (χ0n) is 13.5. The molecule has 0 fully saturated rings. The first-order chi connectivity index (χ1) is 12.5. The third kappa shape index (κ3) is 4.71. The van der Waals surface area contributed by atoms with Gasteiger partial charge in [-0.05, 0) is 42.0 Å². The molecule has 2 aromatic carbocycles. The molecule has 0 atom stereocenters. The molecular formula is C19H14Cl2FN3O. The lowest BCUT2D eigenvalue weighted by atomic mass is 10.2. The SMILES string of the molecule is O=C(NCc1ccc(F)cc1)c1cncc(Nc2ccc(Cl)c(Cl)c2)c1. The number of nitrogens with one attached hydrogen (secondary N) is 2. The predicted molar refractivity (Wildman–Crippen MR) is 102 cm³/mol. The molecule has 0 saturated carbocycles. The minimum atomic E-state index is -0.314. The maximum atomic E-state index is 12.9. The van der Waals surface area contributed by atoms with Gasteiger partial charge >= 0.3 is 0 Å². The number of rotatable bonds is 5. The van der Waals surface area contributed by atoms with Crippen LogP contribution in [0.1, 0.15) is 15.9 Å². The van der Waals surface area contributed by atoms with Crippen molar-refractivity contribution in [2.75, 3.05) is 5.32 Å². The molecule has 0 bridgehead atoms. The van der Waals surface area contributed by atoms with Crippen molar-refractivity contribution in [3.8, 4) is 0 Å². The lowest BCUT2D eigenvalue weighted by Crippen LogP contribution is -2.23. The lowest BCUT2D eigenvalue weighted by Gasteiger charge is -2.09. The number of halogens is 3. The molecule has 0 saturated heterocycles. The largest absolute Gasteiger partial charge is 0.354 e. The van der Waals surface area contributed by atoms with Crippen LogP contribution in [0.4, 0.5) is 15.8 Å². The molecule has 26 heavy (non-hydrogen) atoms. The molecular weight excluding hydrogens is 376 g/mol. The second kappa shape index (κ2) is 8.17. The summed E-state index contributed by atoms with van der Waals surface area (Å²) in [5.74, 6) is -0.593. The second-order valence-corrected chi connectivity index (χ2v) is 6.34. The maximum Gasteiger partial charge on any atom is 0.253 e. The Morgan fingerprint density at radius 1 is 0.962 bits per heavy atom. The van der Waals surface area contributed by atoms with Gasteiger partial charge in [0.15, 0.2) is 0 Å². The Labute approximate surface area is 160 Å². The molecule has 1 aromatic heterocycles. The molecule has 132 valence electrons. The number of amides is 1. The van der Waals surface area contributed by atoms with Crippen molar-refractivity contribution in [1.82, 2.24) is 10.3 Å². The molecule has 1 heterocycles. The van der Waals surface area contributed by atoms with Gasteiger partial charge in [0, 0.05) is 18.4 Å². The number of carbonyl (C=O) groups excluding carboxylic acids is 1. The molecule has 0 spiro atoms. The van der Waals surface area contributed by atoms with Crippen LogP contribution < -0.4 is 10.6 Å². The first-order valence-electron chi connectivity index (χ1n) is 7.71. The standard InChI is InChI=1S/C19H14Cl2FN3O/c20-17-6-5-15(8-18(17)21)25-16-7-13(10-23-11-16)19(26)24-9-12-1-3-14(22)4-2-12/h1-8,10-11,25H,9H2,(H,24,26). The van der Waals surface area contributed by atoms with Crippen molar-refractivity contribution in [3.05, 3.63) is 87.9 Å². The van der Waals surface area contributed by atoms with E-state index in [1.807, 2.05) is 0 Å². The molecule has 0 unspecified atom stereocenters. The van der Waals surface area contributed by atoms with Crippen molar-refractivity contribution in [1.29, 1.82) is 0 Å². The van der Waals surface area contributed by atoms with Gasteiger partial charge in [-0.2, -0.15) is 0 Å². The van der Waals surface area contributed by atoms with Crippen LogP contribution in [0.15, 0.2) is 60.9 Å². The Morgan fingerprint density at radius 3 is 2.46 bits per heavy atom. The molecule has 3 aromatic rings. The van der Waals surface area contributed by atoms with Gasteiger partial charge in [-0.25, -0.2) is 4.39 Å². The Bertz CT molecular complexity index is 932. The summed E-state index contributed by atoms with van der Waals surface area (Å²) < 4.78 is 12.9. The third-order valence-corrected chi connectivity index (χ3v) is 4.31. The van der Waals surface area contributed by atoms with Gasteiger partial charge in [-0.15, -0.1) is 0 Å². The van der Waals surface area contributed by atoms with E-state index in [1.54, 1.807) is 42.6 Å². The predicted octanol–water partition coefficient (Wildman–Crippen LogP) is 5.20. The van der Waals surface area contributed by atoms with Gasteiger partial charge in [0.1, 0.15) is 5.82 Å². The number of hydrogen-bond donors (Lipinski definition) is 2. The molecule has 0 aliphatic rings. The molecule has 3 rings (SSSR count). The quantitative estimate of drug-likeness (QED) is 0.630. The van der Waals surface area contributed by atoms with Gasteiger partial charge in [0.2, 0.25) is 0 Å². The van der Waals surface area contributed by atoms with E-state index >= 15 is 0 Å². The van der Waals surface area contributed by atoms with E-state index in [1.165, 1.54) is 18.3 Å². The molecule has 1 amide bonds. The molecule has 0 aliphatic carbocycles. The fourth-order valence-corrected chi connectivity index (χ4v) is 2.56. The Hall–Kier alpha value is -2.63. The summed E-state index contributed by atoms with van der Waals surface area (Å²) in [5.41, 5.74) is 2.57. The normalized spacial score (nSPS) is 10.4. The van der Waals surface area contributed by atoms with E-state index in [0.717, 1.165) is 11.3 Å². The monoisotopic (exact) mass is 389 g/mol. The number of hydrogen-bond acceptors (Lipinski definition) is 3. The summed E-state index contributed by atoms with van der Waals surface area (Å²) in [4.78, 5) is 16.4. The lowest BCUT2D eigenvalue weighted by molar-refractivity contribution is 0.0950. The Kier molecular flexibility index (Phi) is 5.71. The number of nitrogens with zero attached hydrogens (tertiary/aromatic N) is 1. The highest BCUT2D eigenvalue weighted by atomic mass is 35.5. The minimum Gasteiger partial charge on any atom is -0.354 e. The molecule has 4 nitrogen and oxygen atoms in total. The van der Waals surface area contributed by atoms with Gasteiger partial charge in [0.25, 0.3) is 5.91 Å². The molecule has 0 aliphatic heterocycles. The maximum absolute atomic E-state index is 12.9. The van der Waals surface area contributed by atoms with E-state index in [-0.39, 0.29) is 11.7 Å². The van der Waals surface area contributed by atoms with Crippen LogP contribution in [0.5, 0.6) is 0 Å². The van der Waals surface area contributed by atoms with Gasteiger partial charge < -0.3 is 10.6 Å². The van der Waals surface area contributed by atoms with E-state index in [0.29, 0.717) is 27.8 Å². The highest BCUT2D eigenvalue weighted by molar-refractivity contribution is 6.42. The van der Waals surface area contributed by atoms with Crippen molar-refractivity contribution in [3.63, 3.8) is 0 Å². The topological polar surface area (TPSA) is 54.0 Å². The fraction of sp³-hybridized carbons (Fsp3) is 0.0526. The van der Waals surface area contributed by atoms with E-state index < -0.39 is 0 Å². The van der Waals surface area contributed by atoms with Crippen molar-refractivity contribution < 1.29 is 9.18 Å². The number of aromatic nitrogens is 1. The zero-order chi connectivity index (χ0) is 18.5. The Morgan fingerprint density at radius 2 is 1.73 bits per heavy atom. The van der Waals surface area contributed by atoms with E-state index in [2.05, 4.69) is 15.6 Å². The summed E-state index contributed by atoms with van der Waals surface area (Å²) in [5, 5.41) is 6.79. The van der Waals surface area contributed by atoms with Gasteiger partial charge in [0.05, 0.1) is 27.5 Å². The molecule has 7 heteroatoms. The van der Waals surface area contributed by atoms with Gasteiger partial charge in [-0.1, -0.05) is 35.3 Å². The highest BCUT2D eigenvalue weighted by Gasteiger charge is 2.08. The van der Waals surface area contributed by atoms with E-state index in [9.17, 15) is 9.18 Å². The van der Waals surface area contributed by atoms with Crippen LogP contribution in [0, 0.1) is 5.82 Å². The van der Waals surface area contributed by atoms with E-state index in [4.69, 9.17) is 23.2 Å². The zero-order valence-corrected chi connectivity index (χ0v) is 15.0. The van der Waals surface area contributed by atoms with Crippen molar-refractivity contribution in [2.24, 2.45) is 0 Å². The summed E-state index contributed by atoms with van der Waals surface area (Å²) in [6, 6.07) is 12.8. The number of pyridine rings is 1. The first-order valence-corrected chi connectivity index (χ1v) is 8.46. The first kappa shape index (κ1) is 18.2. The van der Waals surface area contributed by atoms with Crippen LogP contribution in [0.3, 0.4) is 0 Å². The van der Waals surface area contributed by atoms with Crippen LogP contribution in [0.25, 0.3) is 0 Å². The van der Waals surface area contributed by atoms with Crippen LogP contribution in [-0.4, -0.2) is 10.9 Å². The number of benzene rings is 2. The summed E-state index contributed by atoms with van der Waals surface area (Å²) in [6.45, 7) is 0.295. The second-order valence-electron chi connectivity index (χ2n) is 5.53. The van der Waals surface area contributed by atoms with Crippen LogP contribution >= 0.6 is 23.2 Å². The third-order valence-electron chi connectivity index (χ3n) is 3.58. The summed E-state index contributed by atoms with van der Waals surface area (Å²) in [6.07, 6.45) is 3.07. The van der Waals surface area contributed by atoms with Crippen LogP contribution in [0.2, 0.25) is 10.0 Å². The summed E-state index contributed by atoms with van der Waals surface area (Å²) in [7, 11) is 0. The Balaban J connectivity index is 1.66. The average molecular weight is 390 g/mol. The van der Waals surface area contributed by atoms with Crippen molar-refractivity contribution in [2.45, 2.75) is 6.54 Å². The molecule has 2 N–H and O–H groups in total. The fourth-order valence-electron chi connectivity index (χ4n) is 2.26. The number of anilines is 2. The smallest absolute Gasteiger partial charge is 0.253 e. The van der Waals surface area contributed by atoms with Gasteiger partial charge in [-0.3, -0.25) is 9.78 Å². The minimum absolute atomic E-state index is 0.278. The number of carbonyl (C=O) groups is 1. The summed E-state index contributed by atoms with van der Waals surface area (Å²) >= 11 is 11.9. The highest BCUT2D eigenvalue weighted by Crippen LogP contribution is 2.27. The van der Waals surface area contributed by atoms with Crippen LogP contribution in [-0.2, 0) is 6.54 Å². The molecule has 0 radical (unpaired) electrons. The average Bonchev–Trinajstić information content (AvgIpc) is 2.64.